The van der Waals surface area contributed by atoms with Crippen LogP contribution in [-0.4, -0.2) is 29.7 Å². The topological polar surface area (TPSA) is 101 Å². The van der Waals surface area contributed by atoms with Crippen molar-refractivity contribution in [2.75, 3.05) is 0 Å². The summed E-state index contributed by atoms with van der Waals surface area (Å²) in [4.78, 5) is 11.4. The molecule has 0 N–H and O–H groups in total. The van der Waals surface area contributed by atoms with Gasteiger partial charge in [-0.15, -0.1) is 0 Å². The Morgan fingerprint density at radius 3 is 2.21 bits per heavy atom. The summed E-state index contributed by atoms with van der Waals surface area (Å²) in [5.74, 6) is -3.40. The number of alkyl halides is 6. The first-order valence-corrected chi connectivity index (χ1v) is 10.2. The van der Waals surface area contributed by atoms with E-state index in [-0.39, 0.29) is 22.0 Å². The van der Waals surface area contributed by atoms with E-state index in [1.165, 1.54) is 24.3 Å². The molecule has 2 aromatic carbocycles. The number of hydrogen-bond donors (Lipinski definition) is 0. The summed E-state index contributed by atoms with van der Waals surface area (Å²) in [7, 11) is -6.23. The predicted octanol–water partition coefficient (Wildman–Crippen LogP) is 3.80. The molecule has 176 valence electrons. The lowest BCUT2D eigenvalue weighted by molar-refractivity contribution is -0.255. The zero-order valence-electron chi connectivity index (χ0n) is 15.6. The van der Waals surface area contributed by atoms with Gasteiger partial charge in [0.1, 0.15) is 0 Å². The minimum Gasteiger partial charge on any atom is -0.545 e. The minimum absolute atomic E-state index is 0.0214. The van der Waals surface area contributed by atoms with Crippen LogP contribution < -0.4 is 9.29 Å². The SMILES string of the molecule is O=C([O-])c1cc(-c2cc(C(F)(F)F)nn2-c2ccccc2Cl)ccc1OS(=O)(=O)C(F)(F)F. The third-order valence-corrected chi connectivity index (χ3v) is 5.34. The van der Waals surface area contributed by atoms with E-state index >= 15 is 0 Å². The Balaban J connectivity index is 2.21. The highest BCUT2D eigenvalue weighted by atomic mass is 35.5. The van der Waals surface area contributed by atoms with Gasteiger partial charge in [-0.1, -0.05) is 23.7 Å². The monoisotopic (exact) mass is 513 g/mol. The van der Waals surface area contributed by atoms with Crippen LogP contribution in [0.25, 0.3) is 16.9 Å². The highest BCUT2D eigenvalue weighted by Crippen LogP contribution is 2.36. The molecule has 1 heterocycles. The maximum absolute atomic E-state index is 13.3. The van der Waals surface area contributed by atoms with Crippen LogP contribution in [0.3, 0.4) is 0 Å². The van der Waals surface area contributed by atoms with Crippen molar-refractivity contribution in [3.63, 3.8) is 0 Å². The number of carboxylic acids is 1. The molecule has 7 nitrogen and oxygen atoms in total. The van der Waals surface area contributed by atoms with Gasteiger partial charge in [0, 0.05) is 11.1 Å². The molecular weight excluding hydrogens is 506 g/mol. The van der Waals surface area contributed by atoms with Crippen molar-refractivity contribution in [3.8, 4) is 22.7 Å². The predicted molar refractivity (Wildman–Crippen MR) is 98.9 cm³/mol. The lowest BCUT2D eigenvalue weighted by Crippen LogP contribution is -2.30. The Morgan fingerprint density at radius 2 is 1.67 bits per heavy atom. The summed E-state index contributed by atoms with van der Waals surface area (Å²) in [5, 5.41) is 14.8. The molecular formula is C18H8ClF6N2O5S-. The summed E-state index contributed by atoms with van der Waals surface area (Å²) >= 11 is 6.02. The Labute approximate surface area is 185 Å². The fourth-order valence-corrected chi connectivity index (χ4v) is 3.31. The number of benzene rings is 2. The lowest BCUT2D eigenvalue weighted by Gasteiger charge is -2.15. The van der Waals surface area contributed by atoms with Gasteiger partial charge in [-0.25, -0.2) is 4.68 Å². The van der Waals surface area contributed by atoms with Crippen molar-refractivity contribution in [2.24, 2.45) is 0 Å². The highest BCUT2D eigenvalue weighted by molar-refractivity contribution is 7.88. The molecule has 0 aliphatic rings. The van der Waals surface area contributed by atoms with Gasteiger partial charge in [-0.2, -0.15) is 39.9 Å². The molecule has 0 atom stereocenters. The molecule has 33 heavy (non-hydrogen) atoms. The molecule has 0 aliphatic heterocycles. The maximum Gasteiger partial charge on any atom is 0.534 e. The van der Waals surface area contributed by atoms with E-state index < -0.39 is 44.8 Å². The second-order valence-corrected chi connectivity index (χ2v) is 8.20. The molecule has 0 fully saturated rings. The Hall–Kier alpha value is -3.26. The van der Waals surface area contributed by atoms with Crippen molar-refractivity contribution >= 4 is 27.7 Å². The van der Waals surface area contributed by atoms with Crippen LogP contribution >= 0.6 is 11.6 Å². The van der Waals surface area contributed by atoms with Crippen molar-refractivity contribution < 1.29 is 48.8 Å². The van der Waals surface area contributed by atoms with Crippen LogP contribution in [0.5, 0.6) is 5.75 Å². The molecule has 0 bridgehead atoms. The van der Waals surface area contributed by atoms with Crippen molar-refractivity contribution in [2.45, 2.75) is 11.7 Å². The number of halogens is 7. The van der Waals surface area contributed by atoms with Gasteiger partial charge in [-0.3, -0.25) is 0 Å². The van der Waals surface area contributed by atoms with Crippen LogP contribution in [0.1, 0.15) is 16.1 Å². The summed E-state index contributed by atoms with van der Waals surface area (Å²) in [6.45, 7) is 0. The number of aromatic nitrogens is 2. The summed E-state index contributed by atoms with van der Waals surface area (Å²) in [5.41, 5.74) is -9.09. The number of carbonyl (C=O) groups excluding carboxylic acids is 1. The molecule has 0 spiro atoms. The normalized spacial score (nSPS) is 12.6. The summed E-state index contributed by atoms with van der Waals surface area (Å²) in [6.07, 6.45) is -4.91. The van der Waals surface area contributed by atoms with Gasteiger partial charge < -0.3 is 14.1 Å². The molecule has 3 aromatic rings. The van der Waals surface area contributed by atoms with Crippen LogP contribution in [0.2, 0.25) is 5.02 Å². The number of hydrogen-bond acceptors (Lipinski definition) is 6. The van der Waals surface area contributed by atoms with Crippen molar-refractivity contribution in [3.05, 3.63) is 64.8 Å². The molecule has 0 radical (unpaired) electrons. The van der Waals surface area contributed by atoms with Gasteiger partial charge in [0.05, 0.1) is 22.4 Å². The fraction of sp³-hybridized carbons (Fsp3) is 0.111. The van der Waals surface area contributed by atoms with E-state index in [2.05, 4.69) is 9.28 Å². The van der Waals surface area contributed by atoms with E-state index in [9.17, 15) is 44.7 Å². The van der Waals surface area contributed by atoms with E-state index in [1.807, 2.05) is 0 Å². The third kappa shape index (κ3) is 4.90. The second-order valence-electron chi connectivity index (χ2n) is 6.26. The summed E-state index contributed by atoms with van der Waals surface area (Å²) < 4.78 is 105. The molecule has 0 saturated carbocycles. The molecule has 1 aromatic heterocycles. The number of carboxylic acid groups (broad SMARTS) is 1. The van der Waals surface area contributed by atoms with Crippen LogP contribution in [-0.2, 0) is 16.3 Å². The first-order chi connectivity index (χ1) is 15.1. The van der Waals surface area contributed by atoms with Gasteiger partial charge in [0.25, 0.3) is 0 Å². The van der Waals surface area contributed by atoms with Gasteiger partial charge in [0.15, 0.2) is 11.4 Å². The van der Waals surface area contributed by atoms with Crippen molar-refractivity contribution in [1.29, 1.82) is 0 Å². The van der Waals surface area contributed by atoms with Gasteiger partial charge >= 0.3 is 21.8 Å². The number of para-hydroxylation sites is 1. The zero-order chi connectivity index (χ0) is 24.8. The van der Waals surface area contributed by atoms with Gasteiger partial charge in [-0.05, 0) is 36.4 Å². The van der Waals surface area contributed by atoms with E-state index in [1.54, 1.807) is 0 Å². The zero-order valence-corrected chi connectivity index (χ0v) is 17.2. The number of rotatable bonds is 5. The number of nitrogens with zero attached hydrogens (tertiary/aromatic N) is 2. The second kappa shape index (κ2) is 8.26. The van der Waals surface area contributed by atoms with Crippen LogP contribution in [0.4, 0.5) is 26.3 Å². The Kier molecular flexibility index (Phi) is 6.10. The van der Waals surface area contributed by atoms with Gasteiger partial charge in [0.2, 0.25) is 0 Å². The van der Waals surface area contributed by atoms with Crippen LogP contribution in [0, 0.1) is 0 Å². The lowest BCUT2D eigenvalue weighted by atomic mass is 10.1. The van der Waals surface area contributed by atoms with E-state index in [0.29, 0.717) is 18.2 Å². The molecule has 15 heteroatoms. The fourth-order valence-electron chi connectivity index (χ4n) is 2.62. The average Bonchev–Trinajstić information content (AvgIpc) is 3.13. The Bertz CT molecular complexity index is 1330. The first kappa shape index (κ1) is 24.4. The molecule has 0 amide bonds. The average molecular weight is 514 g/mol. The third-order valence-electron chi connectivity index (χ3n) is 4.06. The smallest absolute Gasteiger partial charge is 0.534 e. The molecule has 0 unspecified atom stereocenters. The maximum atomic E-state index is 13.3. The number of carbonyl (C=O) groups is 1. The highest BCUT2D eigenvalue weighted by Gasteiger charge is 2.48. The molecule has 0 saturated heterocycles. The first-order valence-electron chi connectivity index (χ1n) is 8.40. The van der Waals surface area contributed by atoms with Crippen LogP contribution in [0.15, 0.2) is 48.5 Å². The quantitative estimate of drug-likeness (QED) is 0.292. The summed E-state index contributed by atoms with van der Waals surface area (Å²) in [6, 6.07) is 8.09. The van der Waals surface area contributed by atoms with Crippen molar-refractivity contribution in [1.82, 2.24) is 9.78 Å². The molecule has 3 rings (SSSR count). The largest absolute Gasteiger partial charge is 0.545 e. The van der Waals surface area contributed by atoms with E-state index in [4.69, 9.17) is 11.6 Å². The standard InChI is InChI=1S/C18H9ClF6N2O5S/c19-11-3-1-2-4-12(11)27-13(8-15(26-27)17(20,21)22)9-5-6-14(10(7-9)16(28)29)32-33(30,31)18(23,24)25/h1-8H,(H,28,29)/p-1. The van der Waals surface area contributed by atoms with E-state index in [0.717, 1.165) is 10.7 Å². The Morgan fingerprint density at radius 1 is 1.03 bits per heavy atom. The number of aromatic carboxylic acids is 1. The minimum atomic E-state index is -6.23. The molecule has 0 aliphatic carbocycles.